The van der Waals surface area contributed by atoms with Gasteiger partial charge in [0.15, 0.2) is 11.5 Å². The van der Waals surface area contributed by atoms with Gasteiger partial charge in [0, 0.05) is 38.5 Å². The Hall–Kier alpha value is -3.47. The lowest BCUT2D eigenvalue weighted by molar-refractivity contribution is -0.286. The van der Waals surface area contributed by atoms with Crippen molar-refractivity contribution in [2.75, 3.05) is 32.8 Å². The minimum Gasteiger partial charge on any atom is -0.395 e. The van der Waals surface area contributed by atoms with Crippen molar-refractivity contribution in [1.29, 1.82) is 0 Å². The first-order valence-corrected chi connectivity index (χ1v) is 9.65. The summed E-state index contributed by atoms with van der Waals surface area (Å²) in [6.07, 6.45) is 0.803. The number of aliphatic hydroxyl groups is 1. The summed E-state index contributed by atoms with van der Waals surface area (Å²) in [7, 11) is 0. The first kappa shape index (κ1) is 20.8. The van der Waals surface area contributed by atoms with E-state index in [1.807, 2.05) is 0 Å². The molecule has 0 saturated carbocycles. The number of carbonyl (C=O) groups is 2. The predicted octanol–water partition coefficient (Wildman–Crippen LogP) is 1.19. The Morgan fingerprint density at radius 2 is 1.81 bits per heavy atom. The van der Waals surface area contributed by atoms with E-state index in [2.05, 4.69) is 14.6 Å². The second-order valence-corrected chi connectivity index (χ2v) is 7.01. The fraction of sp³-hybridized carbons (Fsp3) is 0.350. The number of aromatic nitrogens is 2. The van der Waals surface area contributed by atoms with Crippen LogP contribution in [0.5, 0.6) is 11.5 Å². The van der Waals surface area contributed by atoms with Crippen molar-refractivity contribution >= 4 is 17.9 Å². The number of rotatable bonds is 5. The zero-order chi connectivity index (χ0) is 22.0. The standard InChI is InChI=1S/C20H20F2N4O5/c21-20(22)30-16-3-1-14(13-17(16)31-20)2-4-18(28)24-7-9-25(10-8-24)19(29)15-5-6-26(23-15)11-12-27/h1-6,13,27H,7-12H2/b4-2+. The smallest absolute Gasteiger partial charge is 0.395 e. The summed E-state index contributed by atoms with van der Waals surface area (Å²) >= 11 is 0. The van der Waals surface area contributed by atoms with Gasteiger partial charge in [-0.2, -0.15) is 5.10 Å². The number of halogens is 2. The van der Waals surface area contributed by atoms with Gasteiger partial charge in [-0.1, -0.05) is 6.07 Å². The monoisotopic (exact) mass is 434 g/mol. The molecule has 1 aromatic carbocycles. The van der Waals surface area contributed by atoms with Crippen molar-refractivity contribution in [2.45, 2.75) is 12.8 Å². The Morgan fingerprint density at radius 3 is 2.55 bits per heavy atom. The molecule has 1 fully saturated rings. The van der Waals surface area contributed by atoms with Crippen LogP contribution in [0, 0.1) is 0 Å². The van der Waals surface area contributed by atoms with Gasteiger partial charge in [-0.3, -0.25) is 14.3 Å². The second kappa shape index (κ2) is 8.34. The van der Waals surface area contributed by atoms with E-state index in [0.29, 0.717) is 44.0 Å². The van der Waals surface area contributed by atoms with Crippen molar-refractivity contribution in [3.05, 3.63) is 47.8 Å². The average Bonchev–Trinajstić information content (AvgIpc) is 3.34. The lowest BCUT2D eigenvalue weighted by atomic mass is 10.2. The molecule has 1 N–H and O–H groups in total. The van der Waals surface area contributed by atoms with Gasteiger partial charge in [-0.15, -0.1) is 8.78 Å². The number of piperazine rings is 1. The molecule has 1 aromatic heterocycles. The minimum atomic E-state index is -3.69. The maximum atomic E-state index is 13.1. The molecule has 0 bridgehead atoms. The molecule has 1 saturated heterocycles. The van der Waals surface area contributed by atoms with E-state index in [1.165, 1.54) is 29.0 Å². The summed E-state index contributed by atoms with van der Waals surface area (Å²) in [6.45, 7) is 1.70. The fourth-order valence-corrected chi connectivity index (χ4v) is 3.34. The average molecular weight is 434 g/mol. The highest BCUT2D eigenvalue weighted by Gasteiger charge is 2.43. The summed E-state index contributed by atoms with van der Waals surface area (Å²) in [5.74, 6) is -0.623. The SMILES string of the molecule is O=C(/C=C/c1ccc2c(c1)OC(F)(F)O2)N1CCN(C(=O)c2ccn(CCO)n2)CC1. The molecule has 2 aromatic rings. The molecule has 4 rings (SSSR count). The minimum absolute atomic E-state index is 0.0598. The highest BCUT2D eigenvalue weighted by Crippen LogP contribution is 2.41. The van der Waals surface area contributed by atoms with Gasteiger partial charge in [-0.05, 0) is 29.8 Å². The molecule has 3 heterocycles. The number of aliphatic hydroxyl groups excluding tert-OH is 1. The van der Waals surface area contributed by atoms with Crippen molar-refractivity contribution in [3.8, 4) is 11.5 Å². The van der Waals surface area contributed by atoms with Crippen LogP contribution in [0.2, 0.25) is 0 Å². The first-order valence-electron chi connectivity index (χ1n) is 9.65. The predicted molar refractivity (Wildman–Crippen MR) is 103 cm³/mol. The number of benzene rings is 1. The highest BCUT2D eigenvalue weighted by molar-refractivity contribution is 5.93. The molecule has 164 valence electrons. The zero-order valence-corrected chi connectivity index (χ0v) is 16.4. The molecule has 0 radical (unpaired) electrons. The maximum absolute atomic E-state index is 13.1. The van der Waals surface area contributed by atoms with Crippen molar-refractivity contribution < 1.29 is 33.0 Å². The largest absolute Gasteiger partial charge is 0.586 e. The summed E-state index contributed by atoms with van der Waals surface area (Å²) in [4.78, 5) is 28.2. The fourth-order valence-electron chi connectivity index (χ4n) is 3.34. The van der Waals surface area contributed by atoms with Crippen LogP contribution in [-0.4, -0.2) is 75.6 Å². The molecule has 9 nitrogen and oxygen atoms in total. The normalized spacial score (nSPS) is 17.4. The van der Waals surface area contributed by atoms with E-state index in [4.69, 9.17) is 5.11 Å². The molecule has 2 aliphatic rings. The number of nitrogens with zero attached hydrogens (tertiary/aromatic N) is 4. The Balaban J connectivity index is 1.31. The van der Waals surface area contributed by atoms with Crippen LogP contribution >= 0.6 is 0 Å². The van der Waals surface area contributed by atoms with Crippen LogP contribution in [0.3, 0.4) is 0 Å². The van der Waals surface area contributed by atoms with E-state index in [1.54, 1.807) is 28.1 Å². The molecule has 0 atom stereocenters. The number of hydrogen-bond acceptors (Lipinski definition) is 6. The zero-order valence-electron chi connectivity index (χ0n) is 16.4. The molecule has 0 spiro atoms. The summed E-state index contributed by atoms with van der Waals surface area (Å²) < 4.78 is 36.4. The van der Waals surface area contributed by atoms with Gasteiger partial charge in [0.2, 0.25) is 5.91 Å². The molecule has 0 aliphatic carbocycles. The summed E-state index contributed by atoms with van der Waals surface area (Å²) in [5.41, 5.74) is 0.808. The maximum Gasteiger partial charge on any atom is 0.586 e. The van der Waals surface area contributed by atoms with Gasteiger partial charge in [0.25, 0.3) is 5.91 Å². The van der Waals surface area contributed by atoms with E-state index >= 15 is 0 Å². The van der Waals surface area contributed by atoms with Gasteiger partial charge in [-0.25, -0.2) is 0 Å². The lowest BCUT2D eigenvalue weighted by Crippen LogP contribution is -2.50. The molecule has 0 unspecified atom stereocenters. The van der Waals surface area contributed by atoms with E-state index < -0.39 is 6.29 Å². The number of ether oxygens (including phenoxy) is 2. The lowest BCUT2D eigenvalue weighted by Gasteiger charge is -2.33. The van der Waals surface area contributed by atoms with Gasteiger partial charge >= 0.3 is 6.29 Å². The van der Waals surface area contributed by atoms with Crippen LogP contribution in [0.4, 0.5) is 8.78 Å². The quantitative estimate of drug-likeness (QED) is 0.711. The number of hydrogen-bond donors (Lipinski definition) is 1. The first-order chi connectivity index (χ1) is 14.8. The molecule has 2 aliphatic heterocycles. The van der Waals surface area contributed by atoms with Gasteiger partial charge in [0.05, 0.1) is 13.2 Å². The topological polar surface area (TPSA) is 97.1 Å². The van der Waals surface area contributed by atoms with Crippen molar-refractivity contribution in [2.24, 2.45) is 0 Å². The number of carbonyl (C=O) groups excluding carboxylic acids is 2. The second-order valence-electron chi connectivity index (χ2n) is 7.01. The number of fused-ring (bicyclic) bond motifs is 1. The van der Waals surface area contributed by atoms with Crippen LogP contribution in [-0.2, 0) is 11.3 Å². The Bertz CT molecular complexity index is 1010. The Labute approximate surface area is 176 Å². The van der Waals surface area contributed by atoms with E-state index in [0.717, 1.165) is 0 Å². The van der Waals surface area contributed by atoms with Crippen LogP contribution in [0.25, 0.3) is 6.08 Å². The molecule has 2 amide bonds. The third kappa shape index (κ3) is 4.66. The number of amides is 2. The summed E-state index contributed by atoms with van der Waals surface area (Å²) in [6, 6.07) is 5.86. The van der Waals surface area contributed by atoms with Gasteiger partial charge in [0.1, 0.15) is 5.69 Å². The van der Waals surface area contributed by atoms with E-state index in [9.17, 15) is 18.4 Å². The van der Waals surface area contributed by atoms with Crippen LogP contribution in [0.1, 0.15) is 16.1 Å². The van der Waals surface area contributed by atoms with Crippen LogP contribution < -0.4 is 9.47 Å². The Kier molecular flexibility index (Phi) is 5.59. The van der Waals surface area contributed by atoms with E-state index in [-0.39, 0.29) is 29.9 Å². The van der Waals surface area contributed by atoms with Crippen molar-refractivity contribution in [3.63, 3.8) is 0 Å². The number of alkyl halides is 2. The third-order valence-electron chi connectivity index (χ3n) is 4.91. The highest BCUT2D eigenvalue weighted by atomic mass is 19.3. The third-order valence-corrected chi connectivity index (χ3v) is 4.91. The molecule has 31 heavy (non-hydrogen) atoms. The molecule has 11 heteroatoms. The summed E-state index contributed by atoms with van der Waals surface area (Å²) in [5, 5.41) is 13.1. The molecular weight excluding hydrogens is 414 g/mol. The van der Waals surface area contributed by atoms with Crippen LogP contribution in [0.15, 0.2) is 36.5 Å². The van der Waals surface area contributed by atoms with Gasteiger partial charge < -0.3 is 24.4 Å². The molecular formula is C20H20F2N4O5. The Morgan fingerprint density at radius 1 is 1.10 bits per heavy atom. The van der Waals surface area contributed by atoms with Crippen molar-refractivity contribution in [1.82, 2.24) is 19.6 Å².